The molecule has 0 spiro atoms. The monoisotopic (exact) mass is 374 g/mol. The normalized spacial score (nSPS) is 10.7. The summed E-state index contributed by atoms with van der Waals surface area (Å²) in [6, 6.07) is 23.1. The first-order valence-electron chi connectivity index (χ1n) is 6.60. The van der Waals surface area contributed by atoms with Crippen molar-refractivity contribution in [2.45, 2.75) is 11.0 Å². The predicted molar refractivity (Wildman–Crippen MR) is 92.4 cm³/mol. The molecule has 0 amide bonds. The summed E-state index contributed by atoms with van der Waals surface area (Å²) in [5.41, 5.74) is 2.55. The van der Waals surface area contributed by atoms with Crippen molar-refractivity contribution in [1.82, 2.24) is 0 Å². The van der Waals surface area contributed by atoms with Crippen LogP contribution in [-0.4, -0.2) is 0 Å². The number of fused-ring (bicyclic) bond motifs is 1. The van der Waals surface area contributed by atoms with Gasteiger partial charge in [-0.15, -0.1) is 0 Å². The summed E-state index contributed by atoms with van der Waals surface area (Å²) in [4.78, 5) is 0. The van der Waals surface area contributed by atoms with Crippen LogP contribution < -0.4 is 4.74 Å². The van der Waals surface area contributed by atoms with E-state index in [1.165, 1.54) is 21.9 Å². The van der Waals surface area contributed by atoms with Gasteiger partial charge in [-0.3, -0.25) is 0 Å². The van der Waals surface area contributed by atoms with Crippen LogP contribution in [-0.2, 0) is 11.0 Å². The molecule has 3 aromatic rings. The van der Waals surface area contributed by atoms with Gasteiger partial charge in [0.2, 0.25) is 0 Å². The van der Waals surface area contributed by atoms with E-state index in [0.717, 1.165) is 10.2 Å². The third kappa shape index (κ3) is 3.12. The lowest BCUT2D eigenvalue weighted by molar-refractivity contribution is 0.306. The number of halogens is 1. The Hall–Kier alpha value is -1.55. The highest BCUT2D eigenvalue weighted by molar-refractivity contribution is 14.1. The van der Waals surface area contributed by atoms with E-state index in [0.29, 0.717) is 6.61 Å². The number of hydrogen-bond donors (Lipinski definition) is 0. The predicted octanol–water partition coefficient (Wildman–Crippen LogP) is 5.35. The summed E-state index contributed by atoms with van der Waals surface area (Å²) >= 11 is 2.39. The summed E-state index contributed by atoms with van der Waals surface area (Å²) in [7, 11) is 0. The molecule has 0 bridgehead atoms. The highest BCUT2D eigenvalue weighted by atomic mass is 127. The average molecular weight is 374 g/mol. The number of ether oxygens (including phenoxy) is 1. The van der Waals surface area contributed by atoms with Crippen molar-refractivity contribution in [3.8, 4) is 5.75 Å². The first-order valence-corrected chi connectivity index (χ1v) is 8.13. The third-order valence-electron chi connectivity index (χ3n) is 3.28. The molecule has 0 N–H and O–H groups in total. The lowest BCUT2D eigenvalue weighted by atomic mass is 10.1. The average Bonchev–Trinajstić information content (AvgIpc) is 2.53. The van der Waals surface area contributed by atoms with Crippen LogP contribution in [0.4, 0.5) is 0 Å². The quantitative estimate of drug-likeness (QED) is 0.442. The molecule has 0 fully saturated rings. The standard InChI is InChI=1S/C18H15IO/c19-12-15-6-7-17-11-18(9-8-16(17)10-15)20-13-14-4-2-1-3-5-14/h1-11H,12-13H2. The van der Waals surface area contributed by atoms with Crippen molar-refractivity contribution in [3.05, 3.63) is 77.9 Å². The molecule has 100 valence electrons. The van der Waals surface area contributed by atoms with E-state index in [4.69, 9.17) is 4.74 Å². The van der Waals surface area contributed by atoms with Gasteiger partial charge in [0.15, 0.2) is 0 Å². The molecule has 0 unspecified atom stereocenters. The summed E-state index contributed by atoms with van der Waals surface area (Å²) in [5, 5.41) is 2.50. The molecule has 0 saturated carbocycles. The highest BCUT2D eigenvalue weighted by Crippen LogP contribution is 2.23. The van der Waals surface area contributed by atoms with Gasteiger partial charge < -0.3 is 4.74 Å². The maximum atomic E-state index is 5.86. The van der Waals surface area contributed by atoms with Crippen LogP contribution in [0.25, 0.3) is 10.8 Å². The molecule has 0 aliphatic rings. The van der Waals surface area contributed by atoms with Crippen molar-refractivity contribution in [1.29, 1.82) is 0 Å². The van der Waals surface area contributed by atoms with E-state index >= 15 is 0 Å². The molecule has 0 aliphatic carbocycles. The van der Waals surface area contributed by atoms with Crippen LogP contribution in [0.1, 0.15) is 11.1 Å². The van der Waals surface area contributed by atoms with Gasteiger partial charge in [-0.2, -0.15) is 0 Å². The van der Waals surface area contributed by atoms with Crippen molar-refractivity contribution in [2.75, 3.05) is 0 Å². The molecular weight excluding hydrogens is 359 g/mol. The smallest absolute Gasteiger partial charge is 0.120 e. The maximum absolute atomic E-state index is 5.86. The van der Waals surface area contributed by atoms with Crippen molar-refractivity contribution >= 4 is 33.4 Å². The fourth-order valence-corrected chi connectivity index (χ4v) is 2.66. The number of rotatable bonds is 4. The van der Waals surface area contributed by atoms with E-state index in [2.05, 4.69) is 65.1 Å². The van der Waals surface area contributed by atoms with Crippen LogP contribution in [0.3, 0.4) is 0 Å². The van der Waals surface area contributed by atoms with Gasteiger partial charge in [0.1, 0.15) is 12.4 Å². The molecule has 0 saturated heterocycles. The van der Waals surface area contributed by atoms with E-state index in [1.807, 2.05) is 24.3 Å². The molecule has 3 rings (SSSR count). The van der Waals surface area contributed by atoms with Crippen molar-refractivity contribution in [2.24, 2.45) is 0 Å². The van der Waals surface area contributed by atoms with Gasteiger partial charge in [-0.1, -0.05) is 77.2 Å². The molecule has 0 radical (unpaired) electrons. The van der Waals surface area contributed by atoms with Gasteiger partial charge in [-0.05, 0) is 34.0 Å². The highest BCUT2D eigenvalue weighted by Gasteiger charge is 2.00. The molecule has 0 aliphatic heterocycles. The van der Waals surface area contributed by atoms with E-state index in [-0.39, 0.29) is 0 Å². The summed E-state index contributed by atoms with van der Waals surface area (Å²) in [6.45, 7) is 0.609. The summed E-state index contributed by atoms with van der Waals surface area (Å²) in [6.07, 6.45) is 0. The zero-order chi connectivity index (χ0) is 13.8. The first kappa shape index (κ1) is 13.4. The second-order valence-corrected chi connectivity index (χ2v) is 5.51. The number of hydrogen-bond acceptors (Lipinski definition) is 1. The van der Waals surface area contributed by atoms with Gasteiger partial charge in [-0.25, -0.2) is 0 Å². The van der Waals surface area contributed by atoms with Gasteiger partial charge in [0, 0.05) is 4.43 Å². The molecular formula is C18H15IO. The van der Waals surface area contributed by atoms with E-state index in [9.17, 15) is 0 Å². The minimum Gasteiger partial charge on any atom is -0.489 e. The first-order chi connectivity index (χ1) is 9.85. The molecule has 1 nitrogen and oxygen atoms in total. The van der Waals surface area contributed by atoms with Crippen molar-refractivity contribution < 1.29 is 4.74 Å². The Morgan fingerprint density at radius 2 is 1.50 bits per heavy atom. The fourth-order valence-electron chi connectivity index (χ4n) is 2.19. The Balaban J connectivity index is 1.79. The Kier molecular flexibility index (Phi) is 4.21. The molecule has 3 aromatic carbocycles. The minimum absolute atomic E-state index is 0.609. The van der Waals surface area contributed by atoms with E-state index in [1.54, 1.807) is 0 Å². The SMILES string of the molecule is ICc1ccc2cc(OCc3ccccc3)ccc2c1. The number of alkyl halides is 1. The lowest BCUT2D eigenvalue weighted by Crippen LogP contribution is -1.94. The van der Waals surface area contributed by atoms with Gasteiger partial charge in [0.05, 0.1) is 0 Å². The maximum Gasteiger partial charge on any atom is 0.120 e. The Morgan fingerprint density at radius 3 is 2.30 bits per heavy atom. The zero-order valence-corrected chi connectivity index (χ0v) is 13.2. The van der Waals surface area contributed by atoms with Crippen LogP contribution in [0.5, 0.6) is 5.75 Å². The largest absolute Gasteiger partial charge is 0.489 e. The third-order valence-corrected chi connectivity index (χ3v) is 4.16. The Morgan fingerprint density at radius 1 is 0.750 bits per heavy atom. The summed E-state index contributed by atoms with van der Waals surface area (Å²) in [5.74, 6) is 0.920. The van der Waals surface area contributed by atoms with Crippen LogP contribution >= 0.6 is 22.6 Å². The number of benzene rings is 3. The van der Waals surface area contributed by atoms with Crippen molar-refractivity contribution in [3.63, 3.8) is 0 Å². The zero-order valence-electron chi connectivity index (χ0n) is 11.1. The second kappa shape index (κ2) is 6.27. The molecule has 2 heteroatoms. The Bertz CT molecular complexity index is 707. The van der Waals surface area contributed by atoms with E-state index < -0.39 is 0 Å². The molecule has 0 aromatic heterocycles. The van der Waals surface area contributed by atoms with Crippen LogP contribution in [0, 0.1) is 0 Å². The fraction of sp³-hybridized carbons (Fsp3) is 0.111. The van der Waals surface area contributed by atoms with Gasteiger partial charge in [0.25, 0.3) is 0 Å². The topological polar surface area (TPSA) is 9.23 Å². The van der Waals surface area contributed by atoms with Crippen LogP contribution in [0.15, 0.2) is 66.7 Å². The van der Waals surface area contributed by atoms with Crippen LogP contribution in [0.2, 0.25) is 0 Å². The lowest BCUT2D eigenvalue weighted by Gasteiger charge is -2.08. The van der Waals surface area contributed by atoms with Gasteiger partial charge >= 0.3 is 0 Å². The summed E-state index contributed by atoms with van der Waals surface area (Å²) < 4.78 is 6.90. The molecule has 0 atom stereocenters. The molecule has 20 heavy (non-hydrogen) atoms. The minimum atomic E-state index is 0.609. The second-order valence-electron chi connectivity index (χ2n) is 4.75. The Labute approximate surface area is 132 Å². The molecule has 0 heterocycles.